The third kappa shape index (κ3) is 2.89. The van der Waals surface area contributed by atoms with Gasteiger partial charge in [-0.05, 0) is 0 Å². The lowest BCUT2D eigenvalue weighted by Crippen LogP contribution is -2.17. The first-order valence-corrected chi connectivity index (χ1v) is 4.01. The summed E-state index contributed by atoms with van der Waals surface area (Å²) in [6.45, 7) is 0. The fraction of sp³-hybridized carbons (Fsp3) is 0.143. The lowest BCUT2D eigenvalue weighted by atomic mass is 10.3. The average molecular weight is 258 g/mol. The average Bonchev–Trinajstić information content (AvgIpc) is 2.07. The van der Waals surface area contributed by atoms with Crippen LogP contribution >= 0.6 is 11.6 Å². The van der Waals surface area contributed by atoms with E-state index in [1.807, 2.05) is 0 Å². The lowest BCUT2D eigenvalue weighted by Gasteiger charge is -2.10. The largest absolute Gasteiger partial charge is 0.573 e. The number of nitro benzene ring substituents is 1. The van der Waals surface area contributed by atoms with Gasteiger partial charge in [0.1, 0.15) is 0 Å². The number of phenolic OH excluding ortho intramolecular Hbond substituents is 1. The number of nitro groups is 1. The van der Waals surface area contributed by atoms with Crippen molar-refractivity contribution in [3.63, 3.8) is 0 Å². The van der Waals surface area contributed by atoms with Crippen molar-refractivity contribution in [2.24, 2.45) is 0 Å². The molecule has 16 heavy (non-hydrogen) atoms. The van der Waals surface area contributed by atoms with Gasteiger partial charge in [0.05, 0.1) is 9.95 Å². The fourth-order valence-corrected chi connectivity index (χ4v) is 1.08. The van der Waals surface area contributed by atoms with E-state index in [1.165, 1.54) is 0 Å². The Kier molecular flexibility index (Phi) is 3.13. The van der Waals surface area contributed by atoms with Crippen LogP contribution in [-0.2, 0) is 0 Å². The standard InChI is InChI=1S/C7H3ClF3NO4/c8-3-1-4(12(14)15)5(13)2-6(3)16-7(9,10)11/h1-2,13H. The number of hydrogen-bond acceptors (Lipinski definition) is 4. The van der Waals surface area contributed by atoms with E-state index in [4.69, 9.17) is 16.7 Å². The van der Waals surface area contributed by atoms with Crippen molar-refractivity contribution in [1.82, 2.24) is 0 Å². The molecule has 1 aromatic rings. The highest BCUT2D eigenvalue weighted by Gasteiger charge is 2.33. The molecule has 1 aromatic carbocycles. The van der Waals surface area contributed by atoms with E-state index in [1.54, 1.807) is 0 Å². The summed E-state index contributed by atoms with van der Waals surface area (Å²) in [6.07, 6.45) is -4.99. The molecule has 9 heteroatoms. The fourth-order valence-electron chi connectivity index (χ4n) is 0.881. The summed E-state index contributed by atoms with van der Waals surface area (Å²) in [5.41, 5.74) is -0.806. The van der Waals surface area contributed by atoms with E-state index in [0.29, 0.717) is 12.1 Å². The summed E-state index contributed by atoms with van der Waals surface area (Å²) in [7, 11) is 0. The molecular weight excluding hydrogens is 255 g/mol. The first kappa shape index (κ1) is 12.4. The molecule has 0 amide bonds. The predicted molar refractivity (Wildman–Crippen MR) is 46.5 cm³/mol. The summed E-state index contributed by atoms with van der Waals surface area (Å²) >= 11 is 5.31. The molecule has 0 saturated heterocycles. The maximum absolute atomic E-state index is 11.8. The van der Waals surface area contributed by atoms with Crippen molar-refractivity contribution >= 4 is 17.3 Å². The highest BCUT2D eigenvalue weighted by Crippen LogP contribution is 2.38. The number of halogens is 4. The third-order valence-corrected chi connectivity index (χ3v) is 1.75. The maximum Gasteiger partial charge on any atom is 0.573 e. The topological polar surface area (TPSA) is 72.6 Å². The molecular formula is C7H3ClF3NO4. The van der Waals surface area contributed by atoms with Crippen LogP contribution in [0, 0.1) is 10.1 Å². The number of alkyl halides is 3. The van der Waals surface area contributed by atoms with Gasteiger partial charge >= 0.3 is 12.0 Å². The molecule has 0 spiro atoms. The summed E-state index contributed by atoms with van der Waals surface area (Å²) in [6, 6.07) is 0.992. The van der Waals surface area contributed by atoms with Crippen molar-refractivity contribution in [3.8, 4) is 11.5 Å². The molecule has 0 bridgehead atoms. The molecule has 88 valence electrons. The molecule has 0 unspecified atom stereocenters. The monoisotopic (exact) mass is 257 g/mol. The summed E-state index contributed by atoms with van der Waals surface area (Å²) < 4.78 is 38.9. The highest BCUT2D eigenvalue weighted by atomic mass is 35.5. The van der Waals surface area contributed by atoms with Crippen LogP contribution in [0.1, 0.15) is 0 Å². The second-order valence-corrected chi connectivity index (χ2v) is 2.98. The number of aromatic hydroxyl groups is 1. The Hall–Kier alpha value is -1.70. The zero-order chi connectivity index (χ0) is 12.5. The highest BCUT2D eigenvalue weighted by molar-refractivity contribution is 6.32. The van der Waals surface area contributed by atoms with Crippen molar-refractivity contribution in [2.45, 2.75) is 6.36 Å². The summed E-state index contributed by atoms with van der Waals surface area (Å²) in [5.74, 6) is -1.87. The molecule has 0 fully saturated rings. The Balaban J connectivity index is 3.16. The van der Waals surface area contributed by atoms with Crippen LogP contribution in [0.3, 0.4) is 0 Å². The van der Waals surface area contributed by atoms with Crippen molar-refractivity contribution in [3.05, 3.63) is 27.3 Å². The van der Waals surface area contributed by atoms with Crippen LogP contribution in [-0.4, -0.2) is 16.4 Å². The second kappa shape index (κ2) is 4.05. The van der Waals surface area contributed by atoms with E-state index in [2.05, 4.69) is 4.74 Å². The Bertz CT molecular complexity index is 434. The quantitative estimate of drug-likeness (QED) is 0.653. The van der Waals surface area contributed by atoms with Crippen LogP contribution in [0.15, 0.2) is 12.1 Å². The molecule has 1 rings (SSSR count). The van der Waals surface area contributed by atoms with Crippen LogP contribution in [0.5, 0.6) is 11.5 Å². The van der Waals surface area contributed by atoms with E-state index in [9.17, 15) is 23.3 Å². The van der Waals surface area contributed by atoms with E-state index in [0.717, 1.165) is 0 Å². The van der Waals surface area contributed by atoms with Gasteiger partial charge in [-0.3, -0.25) is 10.1 Å². The number of phenols is 1. The Morgan fingerprint density at radius 3 is 2.44 bits per heavy atom. The van der Waals surface area contributed by atoms with Gasteiger partial charge in [0.2, 0.25) is 0 Å². The minimum atomic E-state index is -4.99. The molecule has 0 heterocycles. The van der Waals surface area contributed by atoms with E-state index < -0.39 is 33.5 Å². The van der Waals surface area contributed by atoms with Gasteiger partial charge in [0.15, 0.2) is 11.5 Å². The molecule has 0 saturated carbocycles. The van der Waals surface area contributed by atoms with Gasteiger partial charge in [-0.15, -0.1) is 13.2 Å². The Labute approximate surface area is 91.2 Å². The number of rotatable bonds is 2. The van der Waals surface area contributed by atoms with Crippen LogP contribution < -0.4 is 4.74 Å². The van der Waals surface area contributed by atoms with Gasteiger partial charge in [-0.2, -0.15) is 0 Å². The van der Waals surface area contributed by atoms with Gasteiger partial charge in [-0.25, -0.2) is 0 Å². The minimum absolute atomic E-state index is 0.425. The summed E-state index contributed by atoms with van der Waals surface area (Å²) in [4.78, 5) is 9.31. The SMILES string of the molecule is O=[N+]([O-])c1cc(Cl)c(OC(F)(F)F)cc1O. The molecule has 0 aliphatic rings. The van der Waals surface area contributed by atoms with Crippen molar-refractivity contribution in [1.29, 1.82) is 0 Å². The molecule has 0 aromatic heterocycles. The zero-order valence-corrected chi connectivity index (χ0v) is 8.04. The number of hydrogen-bond donors (Lipinski definition) is 1. The minimum Gasteiger partial charge on any atom is -0.502 e. The van der Waals surface area contributed by atoms with E-state index in [-0.39, 0.29) is 0 Å². The predicted octanol–water partition coefficient (Wildman–Crippen LogP) is 2.85. The number of benzene rings is 1. The van der Waals surface area contributed by atoms with Crippen LogP contribution in [0.25, 0.3) is 0 Å². The number of ether oxygens (including phenoxy) is 1. The van der Waals surface area contributed by atoms with Gasteiger partial charge in [0, 0.05) is 12.1 Å². The smallest absolute Gasteiger partial charge is 0.502 e. The van der Waals surface area contributed by atoms with Crippen LogP contribution in [0.4, 0.5) is 18.9 Å². The van der Waals surface area contributed by atoms with Crippen LogP contribution in [0.2, 0.25) is 5.02 Å². The first-order valence-electron chi connectivity index (χ1n) is 3.63. The normalized spacial score (nSPS) is 11.2. The second-order valence-electron chi connectivity index (χ2n) is 2.58. The van der Waals surface area contributed by atoms with Gasteiger partial charge in [0.25, 0.3) is 0 Å². The van der Waals surface area contributed by atoms with Crippen molar-refractivity contribution in [2.75, 3.05) is 0 Å². The first-order chi connectivity index (χ1) is 7.20. The molecule has 5 nitrogen and oxygen atoms in total. The zero-order valence-electron chi connectivity index (χ0n) is 7.29. The third-order valence-electron chi connectivity index (χ3n) is 1.45. The number of nitrogens with zero attached hydrogens (tertiary/aromatic N) is 1. The molecule has 0 aliphatic carbocycles. The maximum atomic E-state index is 11.8. The molecule has 1 N–H and O–H groups in total. The lowest BCUT2D eigenvalue weighted by molar-refractivity contribution is -0.385. The Morgan fingerprint density at radius 2 is 2.00 bits per heavy atom. The van der Waals surface area contributed by atoms with Gasteiger partial charge in [-0.1, -0.05) is 11.6 Å². The Morgan fingerprint density at radius 1 is 1.44 bits per heavy atom. The van der Waals surface area contributed by atoms with E-state index >= 15 is 0 Å². The molecule has 0 atom stereocenters. The molecule has 0 radical (unpaired) electrons. The molecule has 0 aliphatic heterocycles. The van der Waals surface area contributed by atoms with Gasteiger partial charge < -0.3 is 9.84 Å². The van der Waals surface area contributed by atoms with Crippen molar-refractivity contribution < 1.29 is 27.9 Å². The summed E-state index contributed by atoms with van der Waals surface area (Å²) in [5, 5.41) is 18.7.